The van der Waals surface area contributed by atoms with Crippen LogP contribution in [0.4, 0.5) is 0 Å². The van der Waals surface area contributed by atoms with E-state index in [2.05, 4.69) is 4.74 Å². The van der Waals surface area contributed by atoms with Crippen molar-refractivity contribution in [1.29, 1.82) is 0 Å². The Morgan fingerprint density at radius 1 is 1.33 bits per heavy atom. The molecule has 18 heavy (non-hydrogen) atoms. The number of esters is 1. The van der Waals surface area contributed by atoms with Gasteiger partial charge in [-0.1, -0.05) is 6.07 Å². The van der Waals surface area contributed by atoms with Gasteiger partial charge in [-0.2, -0.15) is 0 Å². The Morgan fingerprint density at radius 3 is 2.56 bits per heavy atom. The first-order chi connectivity index (χ1) is 8.49. The SMILES string of the molecule is COC(=O)CC(O)C(O)c1ccc(O)c(OC)c1. The number of carbonyl (C=O) groups is 1. The molecule has 1 aromatic carbocycles. The summed E-state index contributed by atoms with van der Waals surface area (Å²) in [5, 5.41) is 28.9. The van der Waals surface area contributed by atoms with Gasteiger partial charge in [0.25, 0.3) is 0 Å². The van der Waals surface area contributed by atoms with Crippen molar-refractivity contribution in [2.75, 3.05) is 14.2 Å². The van der Waals surface area contributed by atoms with E-state index in [0.29, 0.717) is 5.56 Å². The molecule has 0 aliphatic rings. The third-order valence-corrected chi connectivity index (χ3v) is 2.51. The number of benzene rings is 1. The van der Waals surface area contributed by atoms with Gasteiger partial charge in [-0.3, -0.25) is 4.79 Å². The number of rotatable bonds is 5. The van der Waals surface area contributed by atoms with Crippen molar-refractivity contribution in [3.8, 4) is 11.5 Å². The van der Waals surface area contributed by atoms with Crippen LogP contribution in [0.1, 0.15) is 18.1 Å². The Morgan fingerprint density at radius 2 is 2.00 bits per heavy atom. The number of ether oxygens (including phenoxy) is 2. The second-order valence-corrected chi connectivity index (χ2v) is 3.72. The average molecular weight is 256 g/mol. The lowest BCUT2D eigenvalue weighted by Crippen LogP contribution is -2.22. The zero-order chi connectivity index (χ0) is 13.7. The highest BCUT2D eigenvalue weighted by molar-refractivity contribution is 5.69. The van der Waals surface area contributed by atoms with Gasteiger partial charge in [-0.15, -0.1) is 0 Å². The van der Waals surface area contributed by atoms with Crippen molar-refractivity contribution in [2.24, 2.45) is 0 Å². The van der Waals surface area contributed by atoms with E-state index in [0.717, 1.165) is 0 Å². The Balaban J connectivity index is 2.83. The molecule has 0 spiro atoms. The number of hydrogen-bond acceptors (Lipinski definition) is 6. The maximum absolute atomic E-state index is 11.0. The highest BCUT2D eigenvalue weighted by Gasteiger charge is 2.22. The molecule has 3 N–H and O–H groups in total. The van der Waals surface area contributed by atoms with Gasteiger partial charge in [0.15, 0.2) is 11.5 Å². The third kappa shape index (κ3) is 3.35. The number of methoxy groups -OCH3 is 2. The predicted octanol–water partition coefficient (Wildman–Crippen LogP) is 0.358. The van der Waals surface area contributed by atoms with Gasteiger partial charge < -0.3 is 24.8 Å². The highest BCUT2D eigenvalue weighted by atomic mass is 16.5. The van der Waals surface area contributed by atoms with Gasteiger partial charge in [0.05, 0.1) is 26.7 Å². The van der Waals surface area contributed by atoms with Gasteiger partial charge >= 0.3 is 5.97 Å². The molecule has 1 aromatic rings. The van der Waals surface area contributed by atoms with Gasteiger partial charge in [-0.05, 0) is 17.7 Å². The number of aliphatic hydroxyl groups is 2. The van der Waals surface area contributed by atoms with Crippen LogP contribution in [0.5, 0.6) is 11.5 Å². The summed E-state index contributed by atoms with van der Waals surface area (Å²) in [6.45, 7) is 0. The molecule has 0 radical (unpaired) electrons. The molecule has 0 saturated carbocycles. The molecule has 1 rings (SSSR count). The van der Waals surface area contributed by atoms with E-state index in [1.165, 1.54) is 32.4 Å². The fourth-order valence-corrected chi connectivity index (χ4v) is 1.47. The topological polar surface area (TPSA) is 96.2 Å². The highest BCUT2D eigenvalue weighted by Crippen LogP contribution is 2.30. The van der Waals surface area contributed by atoms with E-state index < -0.39 is 18.2 Å². The van der Waals surface area contributed by atoms with Gasteiger partial charge in [0.2, 0.25) is 0 Å². The van der Waals surface area contributed by atoms with Gasteiger partial charge in [0, 0.05) is 0 Å². The first-order valence-electron chi connectivity index (χ1n) is 5.29. The van der Waals surface area contributed by atoms with Crippen molar-refractivity contribution < 1.29 is 29.6 Å². The molecule has 0 saturated heterocycles. The van der Waals surface area contributed by atoms with Gasteiger partial charge in [0.1, 0.15) is 6.10 Å². The lowest BCUT2D eigenvalue weighted by Gasteiger charge is -2.18. The van der Waals surface area contributed by atoms with Crippen LogP contribution in [0.15, 0.2) is 18.2 Å². The zero-order valence-corrected chi connectivity index (χ0v) is 10.2. The molecule has 0 aliphatic carbocycles. The Bertz CT molecular complexity index is 417. The minimum atomic E-state index is -1.29. The fraction of sp³-hybridized carbons (Fsp3) is 0.417. The Kier molecular flexibility index (Phi) is 4.94. The molecule has 2 unspecified atom stereocenters. The van der Waals surface area contributed by atoms with Crippen LogP contribution in [0, 0.1) is 0 Å². The minimum Gasteiger partial charge on any atom is -0.504 e. The molecule has 2 atom stereocenters. The van der Waals surface area contributed by atoms with Gasteiger partial charge in [-0.25, -0.2) is 0 Å². The van der Waals surface area contributed by atoms with Crippen LogP contribution < -0.4 is 4.74 Å². The van der Waals surface area contributed by atoms with Crippen LogP contribution in [-0.4, -0.2) is 41.6 Å². The molecule has 0 fully saturated rings. The summed E-state index contributed by atoms with van der Waals surface area (Å²) >= 11 is 0. The molecule has 0 aliphatic heterocycles. The van der Waals surface area contributed by atoms with Crippen molar-refractivity contribution in [1.82, 2.24) is 0 Å². The van der Waals surface area contributed by atoms with Crippen LogP contribution in [-0.2, 0) is 9.53 Å². The molecular weight excluding hydrogens is 240 g/mol. The maximum Gasteiger partial charge on any atom is 0.308 e. The van der Waals surface area contributed by atoms with Crippen molar-refractivity contribution in [3.63, 3.8) is 0 Å². The van der Waals surface area contributed by atoms with E-state index in [1.807, 2.05) is 0 Å². The van der Waals surface area contributed by atoms with E-state index in [1.54, 1.807) is 0 Å². The van der Waals surface area contributed by atoms with Crippen molar-refractivity contribution in [3.05, 3.63) is 23.8 Å². The number of phenolic OH excluding ortho intramolecular Hbond substituents is 1. The normalized spacial score (nSPS) is 13.8. The number of aliphatic hydroxyl groups excluding tert-OH is 2. The summed E-state index contributed by atoms with van der Waals surface area (Å²) in [6.07, 6.45) is -2.87. The van der Waals surface area contributed by atoms with Crippen molar-refractivity contribution >= 4 is 5.97 Å². The molecule has 0 heterocycles. The summed E-state index contributed by atoms with van der Waals surface area (Å²) in [7, 11) is 2.57. The van der Waals surface area contributed by atoms with E-state index in [9.17, 15) is 20.1 Å². The van der Waals surface area contributed by atoms with E-state index >= 15 is 0 Å². The average Bonchev–Trinajstić information content (AvgIpc) is 2.38. The number of phenols is 1. The smallest absolute Gasteiger partial charge is 0.308 e. The van der Waals surface area contributed by atoms with E-state index in [4.69, 9.17) is 4.74 Å². The van der Waals surface area contributed by atoms with Crippen LogP contribution >= 0.6 is 0 Å². The first kappa shape index (κ1) is 14.3. The number of aromatic hydroxyl groups is 1. The molecule has 0 amide bonds. The second-order valence-electron chi connectivity index (χ2n) is 3.72. The molecule has 100 valence electrons. The standard InChI is InChI=1S/C12H16O6/c1-17-10-5-7(3-4-8(10)13)12(16)9(14)6-11(15)18-2/h3-5,9,12-14,16H,6H2,1-2H3. The summed E-state index contributed by atoms with van der Waals surface area (Å²) in [5.74, 6) is -0.514. The number of hydrogen-bond donors (Lipinski definition) is 3. The predicted molar refractivity (Wildman–Crippen MR) is 62.3 cm³/mol. The zero-order valence-electron chi connectivity index (χ0n) is 10.2. The van der Waals surface area contributed by atoms with E-state index in [-0.39, 0.29) is 17.9 Å². The lowest BCUT2D eigenvalue weighted by atomic mass is 10.0. The Hall–Kier alpha value is -1.79. The maximum atomic E-state index is 11.0. The summed E-state index contributed by atoms with van der Waals surface area (Å²) in [4.78, 5) is 11.0. The molecule has 6 nitrogen and oxygen atoms in total. The quantitative estimate of drug-likeness (QED) is 0.658. The number of carbonyl (C=O) groups excluding carboxylic acids is 1. The van der Waals surface area contributed by atoms with Crippen LogP contribution in [0.2, 0.25) is 0 Å². The summed E-state index contributed by atoms with van der Waals surface area (Å²) in [6, 6.07) is 4.16. The molecule has 0 aromatic heterocycles. The molecular formula is C12H16O6. The fourth-order valence-electron chi connectivity index (χ4n) is 1.47. The van der Waals surface area contributed by atoms with Crippen LogP contribution in [0.25, 0.3) is 0 Å². The van der Waals surface area contributed by atoms with Crippen molar-refractivity contribution in [2.45, 2.75) is 18.6 Å². The third-order valence-electron chi connectivity index (χ3n) is 2.51. The Labute approximate surface area is 104 Å². The second kappa shape index (κ2) is 6.23. The largest absolute Gasteiger partial charge is 0.504 e. The first-order valence-corrected chi connectivity index (χ1v) is 5.29. The lowest BCUT2D eigenvalue weighted by molar-refractivity contribution is -0.144. The minimum absolute atomic E-state index is 0.0732. The summed E-state index contributed by atoms with van der Waals surface area (Å²) in [5.41, 5.74) is 0.334. The molecule has 6 heteroatoms. The summed E-state index contributed by atoms with van der Waals surface area (Å²) < 4.78 is 9.28. The molecule has 0 bridgehead atoms. The monoisotopic (exact) mass is 256 g/mol. The van der Waals surface area contributed by atoms with Crippen LogP contribution in [0.3, 0.4) is 0 Å².